The highest BCUT2D eigenvalue weighted by Gasteiger charge is 2.27. The standard InChI is InChI=1S/C17H20ClN3O3S/c1-13-9-10-14(18)11-16(13)19-17(22)12-21(25(23,24)20(2)3)15-7-5-4-6-8-15/h4-11H,12H2,1-3H3,(H,19,22). The number of nitrogens with zero attached hydrogens (tertiary/aromatic N) is 2. The lowest BCUT2D eigenvalue weighted by atomic mass is 10.2. The van der Waals surface area contributed by atoms with Crippen molar-refractivity contribution in [1.29, 1.82) is 0 Å². The molecule has 0 unspecified atom stereocenters. The van der Waals surface area contributed by atoms with E-state index >= 15 is 0 Å². The Morgan fingerprint density at radius 2 is 1.76 bits per heavy atom. The first-order valence-corrected chi connectivity index (χ1v) is 9.30. The summed E-state index contributed by atoms with van der Waals surface area (Å²) in [6.45, 7) is 1.48. The molecular formula is C17H20ClN3O3S. The molecule has 1 amide bonds. The van der Waals surface area contributed by atoms with Crippen LogP contribution in [0.25, 0.3) is 0 Å². The smallest absolute Gasteiger partial charge is 0.304 e. The van der Waals surface area contributed by atoms with Gasteiger partial charge in [0.2, 0.25) is 5.91 Å². The Bertz CT molecular complexity index is 855. The van der Waals surface area contributed by atoms with E-state index in [1.165, 1.54) is 14.1 Å². The van der Waals surface area contributed by atoms with Gasteiger partial charge in [0.15, 0.2) is 0 Å². The molecular weight excluding hydrogens is 362 g/mol. The Labute approximate surface area is 153 Å². The van der Waals surface area contributed by atoms with Crippen molar-refractivity contribution in [1.82, 2.24) is 4.31 Å². The molecule has 0 aromatic heterocycles. The van der Waals surface area contributed by atoms with Gasteiger partial charge in [-0.25, -0.2) is 4.31 Å². The Morgan fingerprint density at radius 1 is 1.12 bits per heavy atom. The van der Waals surface area contributed by atoms with Crippen LogP contribution in [0.3, 0.4) is 0 Å². The highest BCUT2D eigenvalue weighted by atomic mass is 35.5. The van der Waals surface area contributed by atoms with Crippen LogP contribution < -0.4 is 9.62 Å². The van der Waals surface area contributed by atoms with Gasteiger partial charge in [-0.2, -0.15) is 12.7 Å². The number of rotatable bonds is 6. The summed E-state index contributed by atoms with van der Waals surface area (Å²) < 4.78 is 27.3. The maximum Gasteiger partial charge on any atom is 0.304 e. The Balaban J connectivity index is 2.28. The van der Waals surface area contributed by atoms with Gasteiger partial charge in [0.1, 0.15) is 6.54 Å². The van der Waals surface area contributed by atoms with E-state index in [9.17, 15) is 13.2 Å². The van der Waals surface area contributed by atoms with Crippen molar-refractivity contribution in [3.05, 3.63) is 59.1 Å². The fourth-order valence-corrected chi connectivity index (χ4v) is 3.38. The van der Waals surface area contributed by atoms with E-state index in [-0.39, 0.29) is 6.54 Å². The molecule has 2 aromatic carbocycles. The van der Waals surface area contributed by atoms with E-state index in [0.29, 0.717) is 16.4 Å². The maximum absolute atomic E-state index is 12.6. The second-order valence-electron chi connectivity index (χ2n) is 5.64. The van der Waals surface area contributed by atoms with Crippen molar-refractivity contribution in [3.8, 4) is 0 Å². The molecule has 2 aromatic rings. The van der Waals surface area contributed by atoms with Crippen LogP contribution in [0.2, 0.25) is 5.02 Å². The summed E-state index contributed by atoms with van der Waals surface area (Å²) in [6.07, 6.45) is 0. The van der Waals surface area contributed by atoms with Gasteiger partial charge in [-0.15, -0.1) is 0 Å². The van der Waals surface area contributed by atoms with E-state index in [1.54, 1.807) is 48.5 Å². The number of hydrogen-bond donors (Lipinski definition) is 1. The van der Waals surface area contributed by atoms with Crippen molar-refractivity contribution in [2.75, 3.05) is 30.3 Å². The van der Waals surface area contributed by atoms with Crippen molar-refractivity contribution in [2.45, 2.75) is 6.92 Å². The molecule has 1 N–H and O–H groups in total. The average molecular weight is 382 g/mol. The molecule has 8 heteroatoms. The third-order valence-corrected chi connectivity index (χ3v) is 5.60. The lowest BCUT2D eigenvalue weighted by molar-refractivity contribution is -0.114. The minimum atomic E-state index is -3.82. The van der Waals surface area contributed by atoms with Gasteiger partial charge in [-0.05, 0) is 36.8 Å². The Morgan fingerprint density at radius 3 is 2.36 bits per heavy atom. The number of carbonyl (C=O) groups excluding carboxylic acids is 1. The van der Waals surface area contributed by atoms with Crippen LogP contribution in [0, 0.1) is 6.92 Å². The highest BCUT2D eigenvalue weighted by molar-refractivity contribution is 7.90. The average Bonchev–Trinajstić information content (AvgIpc) is 2.56. The molecule has 0 spiro atoms. The van der Waals surface area contributed by atoms with Crippen LogP contribution in [0.15, 0.2) is 48.5 Å². The number of aryl methyl sites for hydroxylation is 1. The van der Waals surface area contributed by atoms with Crippen molar-refractivity contribution < 1.29 is 13.2 Å². The topological polar surface area (TPSA) is 69.7 Å². The van der Waals surface area contributed by atoms with Crippen molar-refractivity contribution >= 4 is 39.1 Å². The van der Waals surface area contributed by atoms with E-state index < -0.39 is 16.1 Å². The van der Waals surface area contributed by atoms with Gasteiger partial charge in [0, 0.05) is 24.8 Å². The lowest BCUT2D eigenvalue weighted by Crippen LogP contribution is -2.44. The first kappa shape index (κ1) is 19.2. The number of para-hydroxylation sites is 1. The first-order chi connectivity index (χ1) is 11.7. The molecule has 0 bridgehead atoms. The number of anilines is 2. The fourth-order valence-electron chi connectivity index (χ4n) is 2.15. The van der Waals surface area contributed by atoms with E-state index in [1.807, 2.05) is 6.92 Å². The predicted molar refractivity (Wildman–Crippen MR) is 101 cm³/mol. The molecule has 0 atom stereocenters. The molecule has 0 aliphatic heterocycles. The number of hydrogen-bond acceptors (Lipinski definition) is 3. The minimum Gasteiger partial charge on any atom is -0.324 e. The van der Waals surface area contributed by atoms with Gasteiger partial charge in [-0.1, -0.05) is 35.9 Å². The van der Waals surface area contributed by atoms with E-state index in [4.69, 9.17) is 11.6 Å². The quantitative estimate of drug-likeness (QED) is 0.836. The van der Waals surface area contributed by atoms with Gasteiger partial charge >= 0.3 is 10.2 Å². The van der Waals surface area contributed by atoms with Crippen LogP contribution in [-0.2, 0) is 15.0 Å². The van der Waals surface area contributed by atoms with E-state index in [0.717, 1.165) is 14.2 Å². The number of carbonyl (C=O) groups is 1. The second-order valence-corrected chi connectivity index (χ2v) is 8.14. The number of benzene rings is 2. The van der Waals surface area contributed by atoms with Crippen LogP contribution in [0.1, 0.15) is 5.56 Å². The normalized spacial score (nSPS) is 11.4. The van der Waals surface area contributed by atoms with Crippen LogP contribution in [0.5, 0.6) is 0 Å². The number of amides is 1. The maximum atomic E-state index is 12.6. The van der Waals surface area contributed by atoms with Crippen molar-refractivity contribution in [2.24, 2.45) is 0 Å². The van der Waals surface area contributed by atoms with Gasteiger partial charge in [0.05, 0.1) is 5.69 Å². The summed E-state index contributed by atoms with van der Waals surface area (Å²) in [6, 6.07) is 13.6. The molecule has 0 saturated heterocycles. The Kier molecular flexibility index (Phi) is 6.05. The summed E-state index contributed by atoms with van der Waals surface area (Å²) in [4.78, 5) is 12.5. The largest absolute Gasteiger partial charge is 0.324 e. The minimum absolute atomic E-state index is 0.351. The summed E-state index contributed by atoms with van der Waals surface area (Å²) in [7, 11) is -0.976. The Hall–Kier alpha value is -2.09. The fraction of sp³-hybridized carbons (Fsp3) is 0.235. The third kappa shape index (κ3) is 4.72. The van der Waals surface area contributed by atoms with Crippen LogP contribution in [-0.4, -0.2) is 39.3 Å². The molecule has 0 aliphatic rings. The zero-order chi connectivity index (χ0) is 18.6. The van der Waals surface area contributed by atoms with Gasteiger partial charge in [-0.3, -0.25) is 4.79 Å². The zero-order valence-electron chi connectivity index (χ0n) is 14.2. The summed E-state index contributed by atoms with van der Waals surface area (Å²) in [5.74, 6) is -0.459. The SMILES string of the molecule is Cc1ccc(Cl)cc1NC(=O)CN(c1ccccc1)S(=O)(=O)N(C)C. The van der Waals surface area contributed by atoms with Crippen molar-refractivity contribution in [3.63, 3.8) is 0 Å². The molecule has 0 radical (unpaired) electrons. The molecule has 25 heavy (non-hydrogen) atoms. The van der Waals surface area contributed by atoms with Gasteiger partial charge < -0.3 is 5.32 Å². The lowest BCUT2D eigenvalue weighted by Gasteiger charge is -2.27. The molecule has 2 rings (SSSR count). The van der Waals surface area contributed by atoms with Crippen LogP contribution >= 0.6 is 11.6 Å². The number of halogens is 1. The summed E-state index contributed by atoms with van der Waals surface area (Å²) >= 11 is 5.95. The molecule has 0 aliphatic carbocycles. The summed E-state index contributed by atoms with van der Waals surface area (Å²) in [5.41, 5.74) is 1.79. The van der Waals surface area contributed by atoms with Gasteiger partial charge in [0.25, 0.3) is 0 Å². The molecule has 0 heterocycles. The highest BCUT2D eigenvalue weighted by Crippen LogP contribution is 2.22. The molecule has 0 saturated carbocycles. The van der Waals surface area contributed by atoms with Crippen LogP contribution in [0.4, 0.5) is 11.4 Å². The second kappa shape index (κ2) is 7.86. The third-order valence-electron chi connectivity index (χ3n) is 3.55. The monoisotopic (exact) mass is 381 g/mol. The molecule has 0 fully saturated rings. The molecule has 134 valence electrons. The number of nitrogens with one attached hydrogen (secondary N) is 1. The first-order valence-electron chi connectivity index (χ1n) is 7.53. The predicted octanol–water partition coefficient (Wildman–Crippen LogP) is 2.90. The van der Waals surface area contributed by atoms with E-state index in [2.05, 4.69) is 5.32 Å². The zero-order valence-corrected chi connectivity index (χ0v) is 15.8. The summed E-state index contributed by atoms with van der Waals surface area (Å²) in [5, 5.41) is 3.20. The molecule has 6 nitrogen and oxygen atoms in total.